The van der Waals surface area contributed by atoms with Gasteiger partial charge >= 0.3 is 0 Å². The standard InChI is InChI=1S/C26H32Cl2N6O3/c1-3-20(29)18-12-17(37-15-23-30-9-5-10-31-23)7-8-21(18)32-14-24(35)34-11-4-6-22(34)25(36)33-13-19-16(2)26(19,27)28/h5,7-10,12,16,19,22,29,32H,3-4,6,11,13-15H2,1-2H3,(H,33,36). The van der Waals surface area contributed by atoms with E-state index >= 15 is 0 Å². The fraction of sp³-hybridized carbons (Fsp3) is 0.500. The highest BCUT2D eigenvalue weighted by atomic mass is 35.5. The van der Waals surface area contributed by atoms with Gasteiger partial charge in [-0.15, -0.1) is 23.2 Å². The average Bonchev–Trinajstić information content (AvgIpc) is 3.22. The summed E-state index contributed by atoms with van der Waals surface area (Å²) in [5.41, 5.74) is 1.73. The number of hydrogen-bond donors (Lipinski definition) is 3. The van der Waals surface area contributed by atoms with Crippen molar-refractivity contribution in [1.29, 1.82) is 5.41 Å². The molecule has 2 aliphatic rings. The highest BCUT2D eigenvalue weighted by molar-refractivity contribution is 6.51. The number of likely N-dealkylation sites (tertiary alicyclic amines) is 1. The number of ether oxygens (including phenoxy) is 1. The molecule has 1 aromatic carbocycles. The van der Waals surface area contributed by atoms with Crippen molar-refractivity contribution in [3.8, 4) is 5.75 Å². The van der Waals surface area contributed by atoms with Crippen molar-refractivity contribution in [2.75, 3.05) is 25.0 Å². The molecule has 2 fully saturated rings. The lowest BCUT2D eigenvalue weighted by Crippen LogP contribution is -2.48. The van der Waals surface area contributed by atoms with E-state index in [4.69, 9.17) is 33.3 Å². The Labute approximate surface area is 226 Å². The van der Waals surface area contributed by atoms with Gasteiger partial charge in [0, 0.05) is 48.4 Å². The van der Waals surface area contributed by atoms with Crippen molar-refractivity contribution in [1.82, 2.24) is 20.2 Å². The number of nitrogens with one attached hydrogen (secondary N) is 3. The minimum Gasteiger partial charge on any atom is -0.486 e. The fourth-order valence-corrected chi connectivity index (χ4v) is 5.28. The Morgan fingerprint density at radius 3 is 2.68 bits per heavy atom. The van der Waals surface area contributed by atoms with Gasteiger partial charge in [0.05, 0.1) is 6.54 Å². The molecule has 3 unspecified atom stereocenters. The fourth-order valence-electron chi connectivity index (χ4n) is 4.57. The molecule has 1 aliphatic heterocycles. The Bertz CT molecular complexity index is 1150. The molecule has 0 bridgehead atoms. The van der Waals surface area contributed by atoms with E-state index in [9.17, 15) is 9.59 Å². The predicted octanol–water partition coefficient (Wildman–Crippen LogP) is 3.79. The second kappa shape index (κ2) is 11.6. The van der Waals surface area contributed by atoms with Crippen molar-refractivity contribution in [3.05, 3.63) is 48.0 Å². The van der Waals surface area contributed by atoms with Crippen LogP contribution >= 0.6 is 23.2 Å². The minimum atomic E-state index is -0.789. The number of carbonyl (C=O) groups is 2. The van der Waals surface area contributed by atoms with Crippen LogP contribution in [0.15, 0.2) is 36.7 Å². The first-order valence-corrected chi connectivity index (χ1v) is 13.3. The summed E-state index contributed by atoms with van der Waals surface area (Å²) in [5, 5.41) is 14.5. The molecule has 2 amide bonds. The van der Waals surface area contributed by atoms with Gasteiger partial charge in [0.1, 0.15) is 22.7 Å². The van der Waals surface area contributed by atoms with Crippen LogP contribution in [0.4, 0.5) is 5.69 Å². The number of carbonyl (C=O) groups excluding carboxylic acids is 2. The lowest BCUT2D eigenvalue weighted by Gasteiger charge is -2.25. The van der Waals surface area contributed by atoms with Crippen LogP contribution < -0.4 is 15.4 Å². The zero-order chi connectivity index (χ0) is 26.6. The average molecular weight is 547 g/mol. The highest BCUT2D eigenvalue weighted by Gasteiger charge is 2.60. The molecule has 9 nitrogen and oxygen atoms in total. The van der Waals surface area contributed by atoms with E-state index in [1.807, 2.05) is 13.8 Å². The van der Waals surface area contributed by atoms with Crippen LogP contribution in [-0.4, -0.2) is 62.4 Å². The number of alkyl halides is 2. The molecular formula is C26H32Cl2N6O3. The van der Waals surface area contributed by atoms with Gasteiger partial charge in [-0.25, -0.2) is 9.97 Å². The molecule has 3 N–H and O–H groups in total. The van der Waals surface area contributed by atoms with Gasteiger partial charge in [0.25, 0.3) is 0 Å². The second-order valence-electron chi connectivity index (χ2n) is 9.41. The second-order valence-corrected chi connectivity index (χ2v) is 10.9. The van der Waals surface area contributed by atoms with E-state index in [1.165, 1.54) is 0 Å². The first-order chi connectivity index (χ1) is 17.7. The number of nitrogens with zero attached hydrogens (tertiary/aromatic N) is 3. The number of amides is 2. The van der Waals surface area contributed by atoms with Crippen LogP contribution in [0.5, 0.6) is 5.75 Å². The molecule has 1 aromatic heterocycles. The van der Waals surface area contributed by atoms with E-state index in [-0.39, 0.29) is 36.8 Å². The molecule has 198 valence electrons. The van der Waals surface area contributed by atoms with Crippen molar-refractivity contribution < 1.29 is 14.3 Å². The molecule has 0 spiro atoms. The summed E-state index contributed by atoms with van der Waals surface area (Å²) in [4.78, 5) is 35.8. The molecule has 2 aromatic rings. The first-order valence-electron chi connectivity index (χ1n) is 12.5. The van der Waals surface area contributed by atoms with Crippen molar-refractivity contribution in [2.24, 2.45) is 11.8 Å². The summed E-state index contributed by atoms with van der Waals surface area (Å²) in [7, 11) is 0. The first kappa shape index (κ1) is 27.1. The topological polar surface area (TPSA) is 120 Å². The van der Waals surface area contributed by atoms with Crippen molar-refractivity contribution in [3.63, 3.8) is 0 Å². The quantitative estimate of drug-likeness (QED) is 0.291. The van der Waals surface area contributed by atoms with Crippen LogP contribution in [0, 0.1) is 17.2 Å². The van der Waals surface area contributed by atoms with Crippen LogP contribution in [-0.2, 0) is 16.2 Å². The summed E-state index contributed by atoms with van der Waals surface area (Å²) in [5.74, 6) is 0.940. The van der Waals surface area contributed by atoms with E-state index in [1.54, 1.807) is 41.6 Å². The molecule has 1 saturated heterocycles. The molecule has 3 atom stereocenters. The molecule has 1 saturated carbocycles. The number of halogens is 2. The number of anilines is 1. The summed E-state index contributed by atoms with van der Waals surface area (Å²) in [6, 6.07) is 6.58. The third-order valence-corrected chi connectivity index (χ3v) is 8.30. The maximum atomic E-state index is 13.1. The number of hydrogen-bond acceptors (Lipinski definition) is 7. The maximum absolute atomic E-state index is 13.1. The monoisotopic (exact) mass is 546 g/mol. The Hall–Kier alpha value is -2.91. The summed E-state index contributed by atoms with van der Waals surface area (Å²) in [6.07, 6.45) is 5.21. The van der Waals surface area contributed by atoms with Gasteiger partial charge < -0.3 is 25.7 Å². The largest absolute Gasteiger partial charge is 0.486 e. The summed E-state index contributed by atoms with van der Waals surface area (Å²) < 4.78 is 5.02. The minimum absolute atomic E-state index is 0.0119. The molecule has 11 heteroatoms. The summed E-state index contributed by atoms with van der Waals surface area (Å²) in [6.45, 7) is 5.00. The molecule has 37 heavy (non-hydrogen) atoms. The summed E-state index contributed by atoms with van der Waals surface area (Å²) >= 11 is 12.4. The smallest absolute Gasteiger partial charge is 0.242 e. The van der Waals surface area contributed by atoms with Gasteiger partial charge in [-0.3, -0.25) is 9.59 Å². The number of rotatable bonds is 11. The molecular weight excluding hydrogens is 515 g/mol. The van der Waals surface area contributed by atoms with Gasteiger partial charge in [-0.05, 0) is 49.4 Å². The van der Waals surface area contributed by atoms with E-state index in [0.717, 1.165) is 6.42 Å². The van der Waals surface area contributed by atoms with Crippen molar-refractivity contribution >= 4 is 46.4 Å². The predicted molar refractivity (Wildman–Crippen MR) is 143 cm³/mol. The van der Waals surface area contributed by atoms with E-state index < -0.39 is 10.4 Å². The van der Waals surface area contributed by atoms with Crippen LogP contribution in [0.3, 0.4) is 0 Å². The highest BCUT2D eigenvalue weighted by Crippen LogP contribution is 2.58. The third kappa shape index (κ3) is 6.33. The van der Waals surface area contributed by atoms with E-state index in [2.05, 4.69) is 20.6 Å². The zero-order valence-corrected chi connectivity index (χ0v) is 22.5. The Morgan fingerprint density at radius 1 is 1.27 bits per heavy atom. The maximum Gasteiger partial charge on any atom is 0.242 e. The number of benzene rings is 1. The lowest BCUT2D eigenvalue weighted by molar-refractivity contribution is -0.137. The zero-order valence-electron chi connectivity index (χ0n) is 21.0. The molecule has 0 radical (unpaired) electrons. The van der Waals surface area contributed by atoms with E-state index in [0.29, 0.717) is 54.5 Å². The Morgan fingerprint density at radius 2 is 2.00 bits per heavy atom. The molecule has 4 rings (SSSR count). The number of aromatic nitrogens is 2. The Kier molecular flexibility index (Phi) is 8.54. The van der Waals surface area contributed by atoms with Crippen LogP contribution in [0.1, 0.15) is 44.5 Å². The molecule has 2 heterocycles. The molecule has 1 aliphatic carbocycles. The van der Waals surface area contributed by atoms with Gasteiger partial charge in [-0.1, -0.05) is 13.8 Å². The van der Waals surface area contributed by atoms with Crippen LogP contribution in [0.25, 0.3) is 0 Å². The Balaban J connectivity index is 1.35. The third-order valence-electron chi connectivity index (χ3n) is 7.05. The SMILES string of the molecule is CCC(=N)c1cc(OCc2ncccn2)ccc1NCC(=O)N1CCCC1C(=O)NCC1C(C)C1(Cl)Cl. The van der Waals surface area contributed by atoms with Crippen LogP contribution in [0.2, 0.25) is 0 Å². The normalized spacial score (nSPS) is 21.8. The lowest BCUT2D eigenvalue weighted by atomic mass is 10.1. The van der Waals surface area contributed by atoms with Crippen molar-refractivity contribution in [2.45, 2.75) is 50.1 Å². The van der Waals surface area contributed by atoms with Gasteiger partial charge in [0.15, 0.2) is 5.82 Å². The van der Waals surface area contributed by atoms with Gasteiger partial charge in [-0.2, -0.15) is 0 Å². The van der Waals surface area contributed by atoms with Gasteiger partial charge in [0.2, 0.25) is 11.8 Å².